The molecule has 0 saturated heterocycles. The summed E-state index contributed by atoms with van der Waals surface area (Å²) < 4.78 is 36.7. The van der Waals surface area contributed by atoms with Crippen molar-refractivity contribution in [2.45, 2.75) is 25.6 Å². The second-order valence-electron chi connectivity index (χ2n) is 2.79. The number of carbonyl (C=O) groups is 2. The average Bonchev–Trinajstić information content (AvgIpc) is 1.96. The lowest BCUT2D eigenvalue weighted by atomic mass is 10.2. The topological polar surface area (TPSA) is 57.6 Å². The van der Waals surface area contributed by atoms with Gasteiger partial charge in [0.25, 0.3) is 0 Å². The smallest absolute Gasteiger partial charge is 0.409 e. The number of nitrogens with zero attached hydrogens (tertiary/aromatic N) is 1. The summed E-state index contributed by atoms with van der Waals surface area (Å²) in [7, 11) is 0.920. The zero-order valence-electron chi connectivity index (χ0n) is 7.63. The number of carbonyl (C=O) groups excluding carboxylic acids is 1. The molecule has 0 aliphatic rings. The zero-order valence-corrected chi connectivity index (χ0v) is 7.63. The quantitative estimate of drug-likeness (QED) is 0.756. The van der Waals surface area contributed by atoms with E-state index in [1.54, 1.807) is 0 Å². The molecule has 0 rings (SSSR count). The minimum absolute atomic E-state index is 0.369. The molecule has 0 spiro atoms. The predicted molar refractivity (Wildman–Crippen MR) is 40.5 cm³/mol. The second kappa shape index (κ2) is 4.30. The third-order valence-corrected chi connectivity index (χ3v) is 1.71. The van der Waals surface area contributed by atoms with Crippen molar-refractivity contribution in [1.29, 1.82) is 0 Å². The summed E-state index contributed by atoms with van der Waals surface area (Å²) in [5.74, 6) is -2.42. The summed E-state index contributed by atoms with van der Waals surface area (Å²) in [6, 6.07) is -2.27. The van der Waals surface area contributed by atoms with Crippen molar-refractivity contribution in [1.82, 2.24) is 4.90 Å². The number of hydrogen-bond acceptors (Lipinski definition) is 2. The van der Waals surface area contributed by atoms with Crippen LogP contribution in [0, 0.1) is 0 Å². The fraction of sp³-hybridized carbons (Fsp3) is 0.714. The average molecular weight is 213 g/mol. The van der Waals surface area contributed by atoms with E-state index in [9.17, 15) is 22.8 Å². The number of rotatable bonds is 3. The Balaban J connectivity index is 4.73. The minimum atomic E-state index is -4.72. The first-order valence-electron chi connectivity index (χ1n) is 3.68. The Kier molecular flexibility index (Phi) is 3.91. The number of aliphatic carboxylic acids is 1. The molecule has 0 heterocycles. The molecule has 0 bridgehead atoms. The first kappa shape index (κ1) is 12.7. The van der Waals surface area contributed by atoms with Crippen LogP contribution in [0.1, 0.15) is 13.3 Å². The highest BCUT2D eigenvalue weighted by Gasteiger charge is 2.44. The molecule has 1 atom stereocenters. The largest absolute Gasteiger partial charge is 0.481 e. The maximum absolute atomic E-state index is 12.2. The number of alkyl halides is 3. The van der Waals surface area contributed by atoms with Gasteiger partial charge in [-0.2, -0.15) is 13.2 Å². The van der Waals surface area contributed by atoms with Crippen LogP contribution in [0.4, 0.5) is 13.2 Å². The van der Waals surface area contributed by atoms with Crippen molar-refractivity contribution in [3.05, 3.63) is 0 Å². The second-order valence-corrected chi connectivity index (χ2v) is 2.79. The Morgan fingerprint density at radius 2 is 1.86 bits per heavy atom. The van der Waals surface area contributed by atoms with Gasteiger partial charge in [-0.3, -0.25) is 9.59 Å². The van der Waals surface area contributed by atoms with E-state index in [2.05, 4.69) is 0 Å². The molecule has 1 amide bonds. The molecule has 7 heteroatoms. The van der Waals surface area contributed by atoms with Gasteiger partial charge in [0.15, 0.2) is 0 Å². The van der Waals surface area contributed by atoms with Crippen molar-refractivity contribution >= 4 is 11.9 Å². The molecule has 0 aliphatic heterocycles. The van der Waals surface area contributed by atoms with E-state index in [0.717, 1.165) is 14.0 Å². The lowest BCUT2D eigenvalue weighted by molar-refractivity contribution is -0.191. The van der Waals surface area contributed by atoms with Gasteiger partial charge in [-0.1, -0.05) is 0 Å². The SMILES string of the molecule is CC(=O)N(C)C(CC(=O)O)C(F)(F)F. The van der Waals surface area contributed by atoms with E-state index in [1.165, 1.54) is 0 Å². The molecule has 0 aromatic rings. The molecule has 14 heavy (non-hydrogen) atoms. The summed E-state index contributed by atoms with van der Waals surface area (Å²) in [4.78, 5) is 21.2. The monoisotopic (exact) mass is 213 g/mol. The Hall–Kier alpha value is -1.27. The Bertz CT molecular complexity index is 239. The molecule has 1 unspecified atom stereocenters. The van der Waals surface area contributed by atoms with Crippen molar-refractivity contribution < 1.29 is 27.9 Å². The molecule has 4 nitrogen and oxygen atoms in total. The maximum atomic E-state index is 12.2. The van der Waals surface area contributed by atoms with Crippen LogP contribution in [0.3, 0.4) is 0 Å². The number of amides is 1. The van der Waals surface area contributed by atoms with Gasteiger partial charge in [-0.25, -0.2) is 0 Å². The van der Waals surface area contributed by atoms with Crippen LogP contribution in [-0.4, -0.2) is 41.1 Å². The third-order valence-electron chi connectivity index (χ3n) is 1.71. The number of hydrogen-bond donors (Lipinski definition) is 1. The van der Waals surface area contributed by atoms with Crippen molar-refractivity contribution in [3.63, 3.8) is 0 Å². The fourth-order valence-electron chi connectivity index (χ4n) is 0.857. The molecule has 0 aromatic heterocycles. The Morgan fingerprint density at radius 3 is 2.07 bits per heavy atom. The van der Waals surface area contributed by atoms with Gasteiger partial charge in [0.05, 0.1) is 6.42 Å². The molecule has 0 aliphatic carbocycles. The first-order chi connectivity index (χ1) is 6.16. The van der Waals surface area contributed by atoms with Crippen molar-refractivity contribution in [2.75, 3.05) is 7.05 Å². The van der Waals surface area contributed by atoms with E-state index in [-0.39, 0.29) is 0 Å². The molecule has 0 aromatic carbocycles. The van der Waals surface area contributed by atoms with Gasteiger partial charge in [0.2, 0.25) is 5.91 Å². The number of halogens is 3. The van der Waals surface area contributed by atoms with Crippen LogP contribution >= 0.6 is 0 Å². The minimum Gasteiger partial charge on any atom is -0.481 e. The molecule has 0 fully saturated rings. The van der Waals surface area contributed by atoms with Gasteiger partial charge in [-0.15, -0.1) is 0 Å². The van der Waals surface area contributed by atoms with Gasteiger partial charge < -0.3 is 10.0 Å². The molecular formula is C7H10F3NO3. The fourth-order valence-corrected chi connectivity index (χ4v) is 0.857. The summed E-state index contributed by atoms with van der Waals surface area (Å²) in [5, 5.41) is 8.24. The number of carboxylic acid groups (broad SMARTS) is 1. The van der Waals surface area contributed by atoms with E-state index in [1.807, 2.05) is 0 Å². The first-order valence-corrected chi connectivity index (χ1v) is 3.68. The van der Waals surface area contributed by atoms with E-state index < -0.39 is 30.5 Å². The molecule has 82 valence electrons. The highest BCUT2D eigenvalue weighted by molar-refractivity contribution is 5.75. The summed E-state index contributed by atoms with van der Waals surface area (Å²) in [5.41, 5.74) is 0. The van der Waals surface area contributed by atoms with E-state index >= 15 is 0 Å². The van der Waals surface area contributed by atoms with E-state index in [0.29, 0.717) is 4.90 Å². The highest BCUT2D eigenvalue weighted by atomic mass is 19.4. The standard InChI is InChI=1S/C7H10F3NO3/c1-4(12)11(2)5(3-6(13)14)7(8,9)10/h5H,3H2,1-2H3,(H,13,14). The number of carboxylic acids is 1. The van der Waals surface area contributed by atoms with Crippen molar-refractivity contribution in [2.24, 2.45) is 0 Å². The van der Waals surface area contributed by atoms with Gasteiger partial charge >= 0.3 is 12.1 Å². The zero-order chi connectivity index (χ0) is 11.5. The summed E-state index contributed by atoms with van der Waals surface area (Å²) in [6.07, 6.45) is -5.86. The van der Waals surface area contributed by atoms with Crippen LogP contribution in [0.15, 0.2) is 0 Å². The van der Waals surface area contributed by atoms with Gasteiger partial charge in [-0.05, 0) is 0 Å². The molecular weight excluding hydrogens is 203 g/mol. The van der Waals surface area contributed by atoms with Crippen molar-refractivity contribution in [3.8, 4) is 0 Å². The predicted octanol–water partition coefficient (Wildman–Crippen LogP) is 0.870. The molecule has 0 saturated carbocycles. The molecule has 1 N–H and O–H groups in total. The van der Waals surface area contributed by atoms with Gasteiger partial charge in [0.1, 0.15) is 6.04 Å². The summed E-state index contributed by atoms with van der Waals surface area (Å²) >= 11 is 0. The van der Waals surface area contributed by atoms with Gasteiger partial charge in [0, 0.05) is 14.0 Å². The van der Waals surface area contributed by atoms with Crippen LogP contribution in [-0.2, 0) is 9.59 Å². The van der Waals surface area contributed by atoms with Crippen LogP contribution < -0.4 is 0 Å². The normalized spacial score (nSPS) is 13.5. The van der Waals surface area contributed by atoms with E-state index in [4.69, 9.17) is 5.11 Å². The Labute approximate surface area is 78.3 Å². The third kappa shape index (κ3) is 3.63. The summed E-state index contributed by atoms with van der Waals surface area (Å²) in [6.45, 7) is 0.945. The molecule has 0 radical (unpaired) electrons. The lowest BCUT2D eigenvalue weighted by Gasteiger charge is -2.27. The highest BCUT2D eigenvalue weighted by Crippen LogP contribution is 2.26. The maximum Gasteiger partial charge on any atom is 0.409 e. The van der Waals surface area contributed by atoms with Crippen LogP contribution in [0.5, 0.6) is 0 Å². The van der Waals surface area contributed by atoms with Crippen LogP contribution in [0.25, 0.3) is 0 Å². The lowest BCUT2D eigenvalue weighted by Crippen LogP contribution is -2.46. The van der Waals surface area contributed by atoms with Crippen LogP contribution in [0.2, 0.25) is 0 Å². The Morgan fingerprint density at radius 1 is 1.43 bits per heavy atom.